The van der Waals surface area contributed by atoms with Gasteiger partial charge in [0.15, 0.2) is 0 Å². The van der Waals surface area contributed by atoms with Gasteiger partial charge in [-0.15, -0.1) is 0 Å². The second-order valence-corrected chi connectivity index (χ2v) is 2.88. The van der Waals surface area contributed by atoms with Crippen LogP contribution in [0.15, 0.2) is 40.8 Å². The van der Waals surface area contributed by atoms with Crippen molar-refractivity contribution < 1.29 is 9.52 Å². The zero-order chi connectivity index (χ0) is 9.97. The predicted molar refractivity (Wildman–Crippen MR) is 53.7 cm³/mol. The Morgan fingerprint density at radius 2 is 1.93 bits per heavy atom. The van der Waals surface area contributed by atoms with Crippen molar-refractivity contribution in [3.63, 3.8) is 0 Å². The second kappa shape index (κ2) is 3.38. The van der Waals surface area contributed by atoms with Crippen molar-refractivity contribution in [2.45, 2.75) is 0 Å². The largest absolute Gasteiger partial charge is 0.480 e. The number of furan rings is 1. The summed E-state index contributed by atoms with van der Waals surface area (Å²) in [4.78, 5) is 0. The van der Waals surface area contributed by atoms with Gasteiger partial charge in [0.1, 0.15) is 5.76 Å². The fraction of sp³-hybridized carbons (Fsp3) is 0. The monoisotopic (exact) mass is 187 g/mol. The van der Waals surface area contributed by atoms with Gasteiger partial charge in [-0.2, -0.15) is 0 Å². The van der Waals surface area contributed by atoms with Gasteiger partial charge in [0, 0.05) is 11.8 Å². The SMILES string of the molecule is N=Cc1cc(-c2ccccc2)oc1O. The third-order valence-electron chi connectivity index (χ3n) is 1.95. The number of rotatable bonds is 2. The van der Waals surface area contributed by atoms with Gasteiger partial charge >= 0.3 is 0 Å². The molecule has 0 fully saturated rings. The van der Waals surface area contributed by atoms with Gasteiger partial charge in [-0.25, -0.2) is 0 Å². The molecule has 0 saturated carbocycles. The lowest BCUT2D eigenvalue weighted by Crippen LogP contribution is -1.72. The fourth-order valence-electron chi connectivity index (χ4n) is 1.24. The summed E-state index contributed by atoms with van der Waals surface area (Å²) < 4.78 is 5.10. The van der Waals surface area contributed by atoms with Crippen LogP contribution in [0.4, 0.5) is 0 Å². The molecule has 2 rings (SSSR count). The van der Waals surface area contributed by atoms with Crippen LogP contribution in [-0.4, -0.2) is 11.3 Å². The van der Waals surface area contributed by atoms with E-state index in [-0.39, 0.29) is 5.95 Å². The highest BCUT2D eigenvalue weighted by molar-refractivity contribution is 5.82. The third kappa shape index (κ3) is 1.40. The van der Waals surface area contributed by atoms with E-state index in [1.54, 1.807) is 6.07 Å². The molecule has 3 heteroatoms. The molecule has 1 aromatic carbocycles. The molecule has 2 aromatic rings. The average molecular weight is 187 g/mol. The summed E-state index contributed by atoms with van der Waals surface area (Å²) in [5.74, 6) is 0.362. The van der Waals surface area contributed by atoms with Crippen LogP contribution in [0.5, 0.6) is 5.95 Å². The quantitative estimate of drug-likeness (QED) is 0.710. The number of hydrogen-bond acceptors (Lipinski definition) is 3. The van der Waals surface area contributed by atoms with Gasteiger partial charge in [-0.1, -0.05) is 30.3 Å². The molecule has 0 spiro atoms. The number of benzene rings is 1. The first-order chi connectivity index (χ1) is 6.81. The summed E-state index contributed by atoms with van der Waals surface area (Å²) in [5.41, 5.74) is 1.28. The summed E-state index contributed by atoms with van der Waals surface area (Å²) in [6.07, 6.45) is 1.06. The highest BCUT2D eigenvalue weighted by Gasteiger charge is 2.08. The van der Waals surface area contributed by atoms with E-state index in [2.05, 4.69) is 0 Å². The molecule has 0 unspecified atom stereocenters. The third-order valence-corrected chi connectivity index (χ3v) is 1.95. The maximum atomic E-state index is 9.27. The lowest BCUT2D eigenvalue weighted by molar-refractivity contribution is 0.337. The Hall–Kier alpha value is -2.03. The zero-order valence-electron chi connectivity index (χ0n) is 7.40. The summed E-state index contributed by atoms with van der Waals surface area (Å²) >= 11 is 0. The summed E-state index contributed by atoms with van der Waals surface area (Å²) in [7, 11) is 0. The molecule has 0 aliphatic heterocycles. The first-order valence-electron chi connectivity index (χ1n) is 4.20. The smallest absolute Gasteiger partial charge is 0.291 e. The van der Waals surface area contributed by atoms with Crippen LogP contribution >= 0.6 is 0 Å². The molecular weight excluding hydrogens is 178 g/mol. The first-order valence-corrected chi connectivity index (χ1v) is 4.20. The summed E-state index contributed by atoms with van der Waals surface area (Å²) in [6.45, 7) is 0. The Morgan fingerprint density at radius 1 is 1.21 bits per heavy atom. The maximum absolute atomic E-state index is 9.27. The van der Waals surface area contributed by atoms with Crippen molar-refractivity contribution in [1.82, 2.24) is 0 Å². The van der Waals surface area contributed by atoms with Gasteiger partial charge in [-0.05, 0) is 6.07 Å². The van der Waals surface area contributed by atoms with Crippen LogP contribution in [0.25, 0.3) is 11.3 Å². The van der Waals surface area contributed by atoms with Crippen LogP contribution in [0.1, 0.15) is 5.56 Å². The van der Waals surface area contributed by atoms with E-state index in [1.807, 2.05) is 30.3 Å². The van der Waals surface area contributed by atoms with Gasteiger partial charge < -0.3 is 14.9 Å². The van der Waals surface area contributed by atoms with E-state index >= 15 is 0 Å². The minimum Gasteiger partial charge on any atom is -0.480 e. The molecule has 0 saturated heterocycles. The van der Waals surface area contributed by atoms with E-state index in [9.17, 15) is 5.11 Å². The van der Waals surface area contributed by atoms with Crippen LogP contribution in [0.3, 0.4) is 0 Å². The molecule has 1 aromatic heterocycles. The molecular formula is C11H9NO2. The molecule has 0 atom stereocenters. The number of aromatic hydroxyl groups is 1. The van der Waals surface area contributed by atoms with Crippen molar-refractivity contribution in [1.29, 1.82) is 5.41 Å². The average Bonchev–Trinajstić information content (AvgIpc) is 2.61. The molecule has 14 heavy (non-hydrogen) atoms. The molecule has 1 heterocycles. The van der Waals surface area contributed by atoms with Gasteiger partial charge in [0.2, 0.25) is 0 Å². The van der Waals surface area contributed by atoms with Crippen LogP contribution < -0.4 is 0 Å². The highest BCUT2D eigenvalue weighted by atomic mass is 16.5. The molecule has 0 aliphatic carbocycles. The van der Waals surface area contributed by atoms with Gasteiger partial charge in [0.05, 0.1) is 5.56 Å². The van der Waals surface area contributed by atoms with Crippen molar-refractivity contribution in [3.8, 4) is 17.3 Å². The Labute approximate surface area is 81.1 Å². The van der Waals surface area contributed by atoms with E-state index in [0.29, 0.717) is 11.3 Å². The van der Waals surface area contributed by atoms with E-state index in [4.69, 9.17) is 9.83 Å². The Morgan fingerprint density at radius 3 is 2.50 bits per heavy atom. The van der Waals surface area contributed by atoms with E-state index in [1.165, 1.54) is 0 Å². The van der Waals surface area contributed by atoms with Crippen LogP contribution in [0, 0.1) is 5.41 Å². The van der Waals surface area contributed by atoms with Crippen molar-refractivity contribution in [2.75, 3.05) is 0 Å². The molecule has 0 amide bonds. The minimum absolute atomic E-state index is 0.209. The lowest BCUT2D eigenvalue weighted by Gasteiger charge is -1.93. The maximum Gasteiger partial charge on any atom is 0.291 e. The lowest BCUT2D eigenvalue weighted by atomic mass is 10.1. The topological polar surface area (TPSA) is 57.2 Å². The summed E-state index contributed by atoms with van der Waals surface area (Å²) in [5, 5.41) is 16.3. The molecule has 70 valence electrons. The van der Waals surface area contributed by atoms with Crippen LogP contribution in [-0.2, 0) is 0 Å². The Kier molecular flexibility index (Phi) is 2.07. The Balaban J connectivity index is 2.48. The number of nitrogens with one attached hydrogen (secondary N) is 1. The number of hydrogen-bond donors (Lipinski definition) is 2. The highest BCUT2D eigenvalue weighted by Crippen LogP contribution is 2.28. The fourth-order valence-corrected chi connectivity index (χ4v) is 1.24. The zero-order valence-corrected chi connectivity index (χ0v) is 7.40. The van der Waals surface area contributed by atoms with E-state index in [0.717, 1.165) is 11.8 Å². The van der Waals surface area contributed by atoms with Gasteiger partial charge in [-0.3, -0.25) is 0 Å². The van der Waals surface area contributed by atoms with Crippen molar-refractivity contribution in [2.24, 2.45) is 0 Å². The van der Waals surface area contributed by atoms with Gasteiger partial charge in [0.25, 0.3) is 5.95 Å². The van der Waals surface area contributed by atoms with E-state index < -0.39 is 0 Å². The minimum atomic E-state index is -0.209. The molecule has 0 radical (unpaired) electrons. The molecule has 2 N–H and O–H groups in total. The summed E-state index contributed by atoms with van der Waals surface area (Å²) in [6, 6.07) is 11.1. The standard InChI is InChI=1S/C11H9NO2/c12-7-9-6-10(14-11(9)13)8-4-2-1-3-5-8/h1-7,12-13H. The molecule has 0 aliphatic rings. The normalized spacial score (nSPS) is 10.0. The first kappa shape index (κ1) is 8.56. The van der Waals surface area contributed by atoms with Crippen LogP contribution in [0.2, 0.25) is 0 Å². The van der Waals surface area contributed by atoms with Crippen molar-refractivity contribution >= 4 is 6.21 Å². The molecule has 3 nitrogen and oxygen atoms in total. The second-order valence-electron chi connectivity index (χ2n) is 2.88. The predicted octanol–water partition coefficient (Wildman–Crippen LogP) is 2.65. The molecule has 0 bridgehead atoms. The Bertz CT molecular complexity index is 446. The van der Waals surface area contributed by atoms with Crippen molar-refractivity contribution in [3.05, 3.63) is 42.0 Å².